The zero-order valence-electron chi connectivity index (χ0n) is 20.0. The molecule has 0 radical (unpaired) electrons. The maximum absolute atomic E-state index is 14.7. The van der Waals surface area contributed by atoms with E-state index in [0.29, 0.717) is 48.7 Å². The van der Waals surface area contributed by atoms with Crippen LogP contribution >= 0.6 is 0 Å². The first kappa shape index (κ1) is 24.4. The zero-order chi connectivity index (χ0) is 25.4. The van der Waals surface area contributed by atoms with Crippen LogP contribution < -0.4 is 10.6 Å². The summed E-state index contributed by atoms with van der Waals surface area (Å²) in [7, 11) is -2.71. The minimum absolute atomic E-state index is 0.0448. The number of ether oxygens (including phenoxy) is 1. The number of fused-ring (bicyclic) bond motifs is 1. The molecule has 3 aromatic heterocycles. The van der Waals surface area contributed by atoms with Crippen molar-refractivity contribution in [3.8, 4) is 11.3 Å². The Hall–Kier alpha value is -3.32. The molecule has 0 spiro atoms. The Morgan fingerprint density at radius 1 is 1.22 bits per heavy atom. The van der Waals surface area contributed by atoms with E-state index < -0.39 is 16.0 Å². The molecule has 0 saturated carbocycles. The van der Waals surface area contributed by atoms with Crippen LogP contribution in [-0.4, -0.2) is 58.0 Å². The van der Waals surface area contributed by atoms with Gasteiger partial charge in [0, 0.05) is 69.5 Å². The lowest BCUT2D eigenvalue weighted by Crippen LogP contribution is -2.20. The summed E-state index contributed by atoms with van der Waals surface area (Å²) < 4.78 is 58.2. The first-order valence-electron chi connectivity index (χ1n) is 11.7. The number of imidazole rings is 1. The van der Waals surface area contributed by atoms with Crippen molar-refractivity contribution in [1.29, 1.82) is 0 Å². The van der Waals surface area contributed by atoms with E-state index in [-0.39, 0.29) is 25.5 Å². The highest BCUT2D eigenvalue weighted by atomic mass is 32.3. The quantitative estimate of drug-likeness (QED) is 0.328. The third-order valence-corrected chi connectivity index (χ3v) is 6.99. The fraction of sp³-hybridized carbons (Fsp3) is 0.435. The molecule has 10 nitrogen and oxygen atoms in total. The lowest BCUT2D eigenvalue weighted by atomic mass is 9.94. The number of aryl methyl sites for hydroxylation is 2. The number of halogens is 2. The summed E-state index contributed by atoms with van der Waals surface area (Å²) in [6, 6.07) is 1.93. The largest absolute Gasteiger partial charge is 0.497 e. The van der Waals surface area contributed by atoms with E-state index in [1.807, 2.05) is 20.0 Å². The van der Waals surface area contributed by atoms with Crippen LogP contribution in [0.25, 0.3) is 16.9 Å². The average molecular weight is 520 g/mol. The van der Waals surface area contributed by atoms with Gasteiger partial charge in [-0.05, 0) is 13.0 Å². The molecule has 2 aliphatic rings. The molecule has 2 N–H and O–H groups in total. The minimum Gasteiger partial charge on any atom is -0.497 e. The molecule has 4 heterocycles. The zero-order valence-corrected chi connectivity index (χ0v) is 20.8. The van der Waals surface area contributed by atoms with Crippen LogP contribution in [0, 0.1) is 6.92 Å². The van der Waals surface area contributed by atoms with Crippen molar-refractivity contribution < 1.29 is 21.4 Å². The van der Waals surface area contributed by atoms with Gasteiger partial charge in [0.2, 0.25) is 5.95 Å². The van der Waals surface area contributed by atoms with Gasteiger partial charge in [0.1, 0.15) is 11.6 Å². The van der Waals surface area contributed by atoms with Crippen LogP contribution in [0.3, 0.4) is 0 Å². The SMILES string of the molecule is Cc1cc(-c2cnc(NCC3=C(F)CCC4=C3CCO4)n3cc(CNCCS(=O)(=O)F)nc23)n(C)n1. The average Bonchev–Trinajstić information content (AvgIpc) is 3.53. The third-order valence-electron chi connectivity index (χ3n) is 6.30. The molecule has 5 rings (SSSR count). The van der Waals surface area contributed by atoms with Gasteiger partial charge in [-0.25, -0.2) is 14.4 Å². The summed E-state index contributed by atoms with van der Waals surface area (Å²) >= 11 is 0. The number of hydrogen-bond donors (Lipinski definition) is 2. The first-order chi connectivity index (χ1) is 17.2. The Morgan fingerprint density at radius 3 is 2.81 bits per heavy atom. The van der Waals surface area contributed by atoms with E-state index in [2.05, 4.69) is 20.7 Å². The molecule has 0 bridgehead atoms. The molecule has 13 heteroatoms. The number of nitrogens with one attached hydrogen (secondary N) is 2. The standard InChI is InChI=1S/C23H27F2N7O3S/c1-14-9-20(31(2)30-14)18-12-28-23(27-11-17-16-5-7-35-21(16)4-3-19(17)24)32-13-15(29-22(18)32)10-26-6-8-36(25,33)34/h9,12-13,26H,3-8,10-11H2,1-2H3,(H,27,28). The van der Waals surface area contributed by atoms with Gasteiger partial charge in [0.25, 0.3) is 0 Å². The number of aromatic nitrogens is 5. The summed E-state index contributed by atoms with van der Waals surface area (Å²) in [5.74, 6) is 0.601. The molecule has 0 amide bonds. The van der Waals surface area contributed by atoms with Gasteiger partial charge >= 0.3 is 10.2 Å². The summed E-state index contributed by atoms with van der Waals surface area (Å²) in [4.78, 5) is 9.32. The number of allylic oxidation sites excluding steroid dienone is 2. The van der Waals surface area contributed by atoms with Crippen LogP contribution in [0.1, 0.15) is 30.7 Å². The Balaban J connectivity index is 1.45. The second kappa shape index (κ2) is 9.62. The van der Waals surface area contributed by atoms with E-state index in [9.17, 15) is 16.7 Å². The highest BCUT2D eigenvalue weighted by Gasteiger charge is 2.27. The fourth-order valence-corrected chi connectivity index (χ4v) is 5.04. The highest BCUT2D eigenvalue weighted by molar-refractivity contribution is 7.86. The van der Waals surface area contributed by atoms with Gasteiger partial charge < -0.3 is 15.4 Å². The van der Waals surface area contributed by atoms with Crippen molar-refractivity contribution in [2.45, 2.75) is 32.7 Å². The van der Waals surface area contributed by atoms with Crippen molar-refractivity contribution in [3.63, 3.8) is 0 Å². The van der Waals surface area contributed by atoms with Gasteiger partial charge in [0.15, 0.2) is 5.65 Å². The van der Waals surface area contributed by atoms with Gasteiger partial charge in [0.05, 0.1) is 35.0 Å². The molecule has 0 unspecified atom stereocenters. The molecule has 0 aromatic carbocycles. The number of nitrogens with zero attached hydrogens (tertiary/aromatic N) is 5. The number of rotatable bonds is 9. The minimum atomic E-state index is -4.55. The van der Waals surface area contributed by atoms with Gasteiger partial charge in [-0.2, -0.15) is 13.5 Å². The summed E-state index contributed by atoms with van der Waals surface area (Å²) in [6.45, 7) is 2.90. The molecular formula is C23H27F2N7O3S. The Morgan fingerprint density at radius 2 is 2.06 bits per heavy atom. The Kier molecular flexibility index (Phi) is 6.51. The van der Waals surface area contributed by atoms with E-state index in [0.717, 1.165) is 28.3 Å². The predicted octanol–water partition coefficient (Wildman–Crippen LogP) is 2.93. The molecular weight excluding hydrogens is 492 g/mol. The first-order valence-corrected chi connectivity index (χ1v) is 13.2. The number of anilines is 1. The van der Waals surface area contributed by atoms with Crippen molar-refractivity contribution in [2.24, 2.45) is 7.05 Å². The maximum Gasteiger partial charge on any atom is 0.303 e. The number of hydrogen-bond acceptors (Lipinski definition) is 8. The van der Waals surface area contributed by atoms with Crippen LogP contribution in [0.4, 0.5) is 14.2 Å². The molecule has 0 fully saturated rings. The van der Waals surface area contributed by atoms with Crippen LogP contribution in [0.5, 0.6) is 0 Å². The van der Waals surface area contributed by atoms with E-state index >= 15 is 0 Å². The highest BCUT2D eigenvalue weighted by Crippen LogP contribution is 2.37. The van der Waals surface area contributed by atoms with E-state index in [1.54, 1.807) is 21.5 Å². The molecule has 1 aliphatic heterocycles. The molecule has 0 atom stereocenters. The summed E-state index contributed by atoms with van der Waals surface area (Å²) in [6.07, 6.45) is 5.07. The van der Waals surface area contributed by atoms with Gasteiger partial charge in [-0.1, -0.05) is 0 Å². The van der Waals surface area contributed by atoms with Crippen LogP contribution in [-0.2, 0) is 28.6 Å². The monoisotopic (exact) mass is 519 g/mol. The van der Waals surface area contributed by atoms with Crippen molar-refractivity contribution in [1.82, 2.24) is 29.5 Å². The second-order valence-corrected chi connectivity index (χ2v) is 10.4. The normalized spacial score (nSPS) is 16.1. The molecule has 192 valence electrons. The van der Waals surface area contributed by atoms with E-state index in [4.69, 9.17) is 9.72 Å². The topological polar surface area (TPSA) is 115 Å². The Bertz CT molecular complexity index is 1490. The predicted molar refractivity (Wildman–Crippen MR) is 130 cm³/mol. The fourth-order valence-electron chi connectivity index (χ4n) is 4.65. The second-order valence-electron chi connectivity index (χ2n) is 8.87. The molecule has 0 saturated heterocycles. The van der Waals surface area contributed by atoms with Crippen molar-refractivity contribution >= 4 is 21.8 Å². The maximum atomic E-state index is 14.7. The van der Waals surface area contributed by atoms with Crippen LogP contribution in [0.15, 0.2) is 41.2 Å². The van der Waals surface area contributed by atoms with Crippen molar-refractivity contribution in [2.75, 3.05) is 30.8 Å². The summed E-state index contributed by atoms with van der Waals surface area (Å²) in [5.41, 5.74) is 5.18. The third kappa shape index (κ3) is 4.98. The Labute approximate surface area is 207 Å². The smallest absolute Gasteiger partial charge is 0.303 e. The lowest BCUT2D eigenvalue weighted by molar-refractivity contribution is 0.232. The molecule has 3 aromatic rings. The van der Waals surface area contributed by atoms with E-state index in [1.165, 1.54) is 0 Å². The lowest BCUT2D eigenvalue weighted by Gasteiger charge is -2.18. The van der Waals surface area contributed by atoms with Crippen LogP contribution in [0.2, 0.25) is 0 Å². The van der Waals surface area contributed by atoms with Crippen molar-refractivity contribution in [3.05, 3.63) is 52.6 Å². The van der Waals surface area contributed by atoms with Gasteiger partial charge in [-0.15, -0.1) is 3.89 Å². The summed E-state index contributed by atoms with van der Waals surface area (Å²) in [5, 5.41) is 10.6. The van der Waals surface area contributed by atoms with Gasteiger partial charge in [-0.3, -0.25) is 9.08 Å². The molecule has 1 aliphatic carbocycles. The molecule has 36 heavy (non-hydrogen) atoms.